The summed E-state index contributed by atoms with van der Waals surface area (Å²) in [6.07, 6.45) is 0.818. The van der Waals surface area contributed by atoms with Crippen LogP contribution in [-0.4, -0.2) is 10.2 Å². The van der Waals surface area contributed by atoms with E-state index in [2.05, 4.69) is 28.4 Å². The van der Waals surface area contributed by atoms with Gasteiger partial charge in [-0.2, -0.15) is 5.10 Å². The third-order valence-electron chi connectivity index (χ3n) is 3.19. The number of benzene rings is 2. The lowest BCUT2D eigenvalue weighted by atomic mass is 10.0. The quantitative estimate of drug-likeness (QED) is 0.719. The molecule has 0 aliphatic carbocycles. The minimum Gasteiger partial charge on any atom is -0.267 e. The Hall–Kier alpha value is -2.26. The molecule has 3 aromatic rings. The van der Waals surface area contributed by atoms with Gasteiger partial charge in [0, 0.05) is 12.0 Å². The standard InChI is InChI=1S/C17H14N2S/c20-17-15(11-13-7-3-1-4-8-13)12-16(18-19-17)14-9-5-2-6-10-14/h1-10,12H,11H2,(H,19,20). The summed E-state index contributed by atoms with van der Waals surface area (Å²) in [5, 5.41) is 7.27. The highest BCUT2D eigenvalue weighted by Crippen LogP contribution is 2.18. The van der Waals surface area contributed by atoms with Crippen molar-refractivity contribution in [3.05, 3.63) is 82.5 Å². The summed E-state index contributed by atoms with van der Waals surface area (Å²) in [6.45, 7) is 0. The van der Waals surface area contributed by atoms with Gasteiger partial charge in [0.15, 0.2) is 0 Å². The number of aromatic nitrogens is 2. The molecule has 0 amide bonds. The summed E-state index contributed by atoms with van der Waals surface area (Å²) in [4.78, 5) is 0. The number of hydrogen-bond donors (Lipinski definition) is 1. The number of nitrogens with zero attached hydrogens (tertiary/aromatic N) is 1. The average molecular weight is 278 g/mol. The minimum atomic E-state index is 0.702. The summed E-state index contributed by atoms with van der Waals surface area (Å²) in [7, 11) is 0. The first-order chi connectivity index (χ1) is 9.83. The molecule has 0 unspecified atom stereocenters. The van der Waals surface area contributed by atoms with E-state index in [0.717, 1.165) is 23.2 Å². The van der Waals surface area contributed by atoms with Crippen molar-refractivity contribution < 1.29 is 0 Å². The van der Waals surface area contributed by atoms with Crippen LogP contribution in [0.5, 0.6) is 0 Å². The molecule has 0 atom stereocenters. The van der Waals surface area contributed by atoms with Crippen molar-refractivity contribution in [1.82, 2.24) is 10.2 Å². The lowest BCUT2D eigenvalue weighted by Gasteiger charge is -2.05. The normalized spacial score (nSPS) is 10.4. The molecule has 0 bridgehead atoms. The smallest absolute Gasteiger partial charge is 0.123 e. The summed E-state index contributed by atoms with van der Waals surface area (Å²) in [5.41, 5.74) is 4.36. The van der Waals surface area contributed by atoms with Gasteiger partial charge in [-0.25, -0.2) is 0 Å². The molecule has 1 aromatic heterocycles. The summed E-state index contributed by atoms with van der Waals surface area (Å²) >= 11 is 5.34. The monoisotopic (exact) mass is 278 g/mol. The SMILES string of the molecule is S=c1[nH]nc(-c2ccccc2)cc1Cc1ccccc1. The third-order valence-corrected chi connectivity index (χ3v) is 3.54. The van der Waals surface area contributed by atoms with E-state index in [1.165, 1.54) is 5.56 Å². The zero-order valence-electron chi connectivity index (χ0n) is 10.9. The topological polar surface area (TPSA) is 28.7 Å². The van der Waals surface area contributed by atoms with Crippen molar-refractivity contribution in [3.8, 4) is 11.3 Å². The van der Waals surface area contributed by atoms with Crippen molar-refractivity contribution in [3.63, 3.8) is 0 Å². The molecule has 0 spiro atoms. The molecule has 2 aromatic carbocycles. The first-order valence-corrected chi connectivity index (χ1v) is 6.92. The maximum atomic E-state index is 5.34. The molecule has 0 saturated carbocycles. The van der Waals surface area contributed by atoms with Crippen LogP contribution in [0, 0.1) is 4.64 Å². The van der Waals surface area contributed by atoms with E-state index in [9.17, 15) is 0 Å². The minimum absolute atomic E-state index is 0.702. The van der Waals surface area contributed by atoms with E-state index in [4.69, 9.17) is 12.2 Å². The number of rotatable bonds is 3. The van der Waals surface area contributed by atoms with Crippen LogP contribution in [0.4, 0.5) is 0 Å². The maximum absolute atomic E-state index is 5.34. The number of H-pyrrole nitrogens is 1. The van der Waals surface area contributed by atoms with Crippen LogP contribution in [0.15, 0.2) is 66.7 Å². The van der Waals surface area contributed by atoms with E-state index < -0.39 is 0 Å². The third kappa shape index (κ3) is 2.83. The van der Waals surface area contributed by atoms with Crippen LogP contribution < -0.4 is 0 Å². The van der Waals surface area contributed by atoms with Crippen LogP contribution in [-0.2, 0) is 6.42 Å². The van der Waals surface area contributed by atoms with Crippen molar-refractivity contribution in [1.29, 1.82) is 0 Å². The molecule has 1 heterocycles. The lowest BCUT2D eigenvalue weighted by molar-refractivity contribution is 0.984. The van der Waals surface area contributed by atoms with Crippen LogP contribution in [0.25, 0.3) is 11.3 Å². The van der Waals surface area contributed by atoms with Gasteiger partial charge in [0.1, 0.15) is 4.64 Å². The van der Waals surface area contributed by atoms with Gasteiger partial charge in [-0.1, -0.05) is 72.9 Å². The molecule has 0 saturated heterocycles. The Balaban J connectivity index is 1.98. The first kappa shape index (κ1) is 12.8. The Morgan fingerprint density at radius 1 is 0.900 bits per heavy atom. The second kappa shape index (κ2) is 5.80. The van der Waals surface area contributed by atoms with Crippen molar-refractivity contribution in [2.45, 2.75) is 6.42 Å². The van der Waals surface area contributed by atoms with Gasteiger partial charge in [-0.05, 0) is 17.2 Å². The highest BCUT2D eigenvalue weighted by molar-refractivity contribution is 7.71. The number of hydrogen-bond acceptors (Lipinski definition) is 2. The van der Waals surface area contributed by atoms with E-state index in [0.29, 0.717) is 4.64 Å². The Kier molecular flexibility index (Phi) is 3.70. The van der Waals surface area contributed by atoms with E-state index in [1.807, 2.05) is 48.5 Å². The average Bonchev–Trinajstić information content (AvgIpc) is 2.51. The van der Waals surface area contributed by atoms with E-state index in [-0.39, 0.29) is 0 Å². The summed E-state index contributed by atoms with van der Waals surface area (Å²) in [5.74, 6) is 0. The molecule has 98 valence electrons. The fraction of sp³-hybridized carbons (Fsp3) is 0.0588. The predicted molar refractivity (Wildman–Crippen MR) is 84.1 cm³/mol. The molecule has 0 aliphatic rings. The van der Waals surface area contributed by atoms with Gasteiger partial charge in [-0.15, -0.1) is 0 Å². The highest BCUT2D eigenvalue weighted by atomic mass is 32.1. The van der Waals surface area contributed by atoms with Crippen LogP contribution in [0.3, 0.4) is 0 Å². The molecule has 0 fully saturated rings. The zero-order chi connectivity index (χ0) is 13.8. The molecule has 3 heteroatoms. The summed E-state index contributed by atoms with van der Waals surface area (Å²) in [6, 6.07) is 22.5. The Morgan fingerprint density at radius 2 is 1.55 bits per heavy atom. The fourth-order valence-corrected chi connectivity index (χ4v) is 2.33. The van der Waals surface area contributed by atoms with Gasteiger partial charge in [0.2, 0.25) is 0 Å². The van der Waals surface area contributed by atoms with E-state index in [1.54, 1.807) is 0 Å². The van der Waals surface area contributed by atoms with Crippen molar-refractivity contribution in [2.24, 2.45) is 0 Å². The molecule has 0 aliphatic heterocycles. The lowest BCUT2D eigenvalue weighted by Crippen LogP contribution is -1.96. The fourth-order valence-electron chi connectivity index (χ4n) is 2.15. The molecule has 3 rings (SSSR count). The van der Waals surface area contributed by atoms with Gasteiger partial charge >= 0.3 is 0 Å². The Morgan fingerprint density at radius 3 is 2.25 bits per heavy atom. The zero-order valence-corrected chi connectivity index (χ0v) is 11.7. The predicted octanol–water partition coefficient (Wildman–Crippen LogP) is 4.40. The molecular weight excluding hydrogens is 264 g/mol. The number of nitrogens with one attached hydrogen (secondary N) is 1. The maximum Gasteiger partial charge on any atom is 0.123 e. The molecule has 1 N–H and O–H groups in total. The number of aromatic amines is 1. The molecular formula is C17H14N2S. The molecule has 0 radical (unpaired) electrons. The van der Waals surface area contributed by atoms with Crippen molar-refractivity contribution >= 4 is 12.2 Å². The van der Waals surface area contributed by atoms with Gasteiger partial charge in [0.05, 0.1) is 5.69 Å². The van der Waals surface area contributed by atoms with E-state index >= 15 is 0 Å². The Bertz CT molecular complexity index is 749. The highest BCUT2D eigenvalue weighted by Gasteiger charge is 2.04. The second-order valence-electron chi connectivity index (χ2n) is 4.64. The van der Waals surface area contributed by atoms with Crippen LogP contribution in [0.1, 0.15) is 11.1 Å². The van der Waals surface area contributed by atoms with Gasteiger partial charge in [0.25, 0.3) is 0 Å². The molecule has 20 heavy (non-hydrogen) atoms. The van der Waals surface area contributed by atoms with Crippen LogP contribution >= 0.6 is 12.2 Å². The van der Waals surface area contributed by atoms with Crippen LogP contribution in [0.2, 0.25) is 0 Å². The van der Waals surface area contributed by atoms with Crippen molar-refractivity contribution in [2.75, 3.05) is 0 Å². The van der Waals surface area contributed by atoms with Gasteiger partial charge in [-0.3, -0.25) is 5.10 Å². The van der Waals surface area contributed by atoms with Gasteiger partial charge < -0.3 is 0 Å². The largest absolute Gasteiger partial charge is 0.267 e. The second-order valence-corrected chi connectivity index (χ2v) is 5.04. The Labute approximate surface area is 123 Å². The first-order valence-electron chi connectivity index (χ1n) is 6.51. The molecule has 2 nitrogen and oxygen atoms in total. The summed E-state index contributed by atoms with van der Waals surface area (Å²) < 4.78 is 0.702.